The van der Waals surface area contributed by atoms with Gasteiger partial charge in [0.2, 0.25) is 0 Å². The van der Waals surface area contributed by atoms with Crippen molar-refractivity contribution in [3.05, 3.63) is 88.5 Å². The van der Waals surface area contributed by atoms with Gasteiger partial charge in [0.1, 0.15) is 0 Å². The summed E-state index contributed by atoms with van der Waals surface area (Å²) in [6.07, 6.45) is 0. The molecule has 0 unspecified atom stereocenters. The molecule has 0 aromatic heterocycles. The first kappa shape index (κ1) is 17.8. The average Bonchev–Trinajstić information content (AvgIpc) is 2.97. The summed E-state index contributed by atoms with van der Waals surface area (Å²) in [6, 6.07) is 22.1. The first-order chi connectivity index (χ1) is 12.9. The Morgan fingerprint density at radius 3 is 2.37 bits per heavy atom. The van der Waals surface area contributed by atoms with Crippen LogP contribution in [0.3, 0.4) is 0 Å². The molecule has 0 atom stereocenters. The number of benzene rings is 3. The molecular weight excluding hydrogens is 354 g/mol. The quantitative estimate of drug-likeness (QED) is 0.546. The van der Waals surface area contributed by atoms with Gasteiger partial charge >= 0.3 is 0 Å². The Hall–Kier alpha value is -2.58. The molecule has 0 fully saturated rings. The second kappa shape index (κ2) is 6.54. The van der Waals surface area contributed by atoms with Gasteiger partial charge in [-0.1, -0.05) is 66.2 Å². The summed E-state index contributed by atoms with van der Waals surface area (Å²) in [6.45, 7) is 6.85. The highest BCUT2D eigenvalue weighted by molar-refractivity contribution is 6.35. The number of halogens is 1. The van der Waals surface area contributed by atoms with Crippen LogP contribution in [-0.2, 0) is 10.3 Å². The average molecular weight is 376 g/mol. The van der Waals surface area contributed by atoms with Crippen molar-refractivity contribution in [3.8, 4) is 0 Å². The van der Waals surface area contributed by atoms with Crippen LogP contribution in [0, 0.1) is 0 Å². The van der Waals surface area contributed by atoms with E-state index in [1.807, 2.05) is 66.4 Å². The molecule has 3 heteroatoms. The number of amides is 1. The lowest BCUT2D eigenvalue weighted by molar-refractivity contribution is -0.128. The van der Waals surface area contributed by atoms with E-state index in [4.69, 9.17) is 11.6 Å². The zero-order valence-electron chi connectivity index (χ0n) is 15.8. The minimum Gasteiger partial charge on any atom is -0.325 e. The van der Waals surface area contributed by atoms with Crippen LogP contribution in [-0.4, -0.2) is 17.4 Å². The van der Waals surface area contributed by atoms with E-state index >= 15 is 0 Å². The van der Waals surface area contributed by atoms with Crippen LogP contribution in [0.4, 0.5) is 0 Å². The molecule has 3 aromatic rings. The van der Waals surface area contributed by atoms with Gasteiger partial charge < -0.3 is 4.90 Å². The highest BCUT2D eigenvalue weighted by Gasteiger charge is 2.39. The number of rotatable bonds is 3. The van der Waals surface area contributed by atoms with Gasteiger partial charge in [0.25, 0.3) is 5.91 Å². The fraction of sp³-hybridized carbons (Fsp3) is 0.208. The lowest BCUT2D eigenvalue weighted by Crippen LogP contribution is -2.43. The molecule has 1 aliphatic rings. The van der Waals surface area contributed by atoms with Crippen molar-refractivity contribution in [1.29, 1.82) is 0 Å². The Morgan fingerprint density at radius 1 is 0.963 bits per heavy atom. The van der Waals surface area contributed by atoms with Crippen LogP contribution < -0.4 is 0 Å². The summed E-state index contributed by atoms with van der Waals surface area (Å²) in [7, 11) is 0. The van der Waals surface area contributed by atoms with Crippen molar-refractivity contribution in [2.45, 2.75) is 26.3 Å². The van der Waals surface area contributed by atoms with E-state index in [1.54, 1.807) is 0 Å². The maximum Gasteiger partial charge on any atom is 0.255 e. The maximum absolute atomic E-state index is 13.3. The SMILES string of the molecule is CC1=C(c2ccccc2)C(=O)N(C(C)(C)c2cc(Cl)c3ccccc3c2)C1. The minimum absolute atomic E-state index is 0.0768. The molecule has 4 rings (SSSR count). The highest BCUT2D eigenvalue weighted by Crippen LogP contribution is 2.39. The molecule has 136 valence electrons. The maximum atomic E-state index is 13.3. The first-order valence-corrected chi connectivity index (χ1v) is 9.53. The molecule has 3 aromatic carbocycles. The fourth-order valence-electron chi connectivity index (χ4n) is 3.90. The van der Waals surface area contributed by atoms with Crippen LogP contribution in [0.25, 0.3) is 16.3 Å². The topological polar surface area (TPSA) is 20.3 Å². The van der Waals surface area contributed by atoms with Gasteiger partial charge in [0, 0.05) is 22.5 Å². The predicted molar refractivity (Wildman–Crippen MR) is 113 cm³/mol. The Bertz CT molecular complexity index is 1070. The van der Waals surface area contributed by atoms with Crippen LogP contribution >= 0.6 is 11.6 Å². The zero-order valence-corrected chi connectivity index (χ0v) is 16.5. The summed E-state index contributed by atoms with van der Waals surface area (Å²) >= 11 is 6.55. The zero-order chi connectivity index (χ0) is 19.2. The number of hydrogen-bond acceptors (Lipinski definition) is 1. The Labute approximate surface area is 165 Å². The molecule has 2 nitrogen and oxygen atoms in total. The Balaban J connectivity index is 1.75. The molecule has 0 saturated carbocycles. The number of nitrogens with zero attached hydrogens (tertiary/aromatic N) is 1. The fourth-order valence-corrected chi connectivity index (χ4v) is 4.19. The van der Waals surface area contributed by atoms with Crippen LogP contribution in [0.15, 0.2) is 72.3 Å². The smallest absolute Gasteiger partial charge is 0.255 e. The molecule has 0 radical (unpaired) electrons. The van der Waals surface area contributed by atoms with Crippen LogP contribution in [0.1, 0.15) is 31.9 Å². The second-order valence-electron chi connectivity index (χ2n) is 7.65. The van der Waals surface area contributed by atoms with Gasteiger partial charge in [-0.25, -0.2) is 0 Å². The molecule has 0 bridgehead atoms. The van der Waals surface area contributed by atoms with Gasteiger partial charge in [0.15, 0.2) is 0 Å². The van der Waals surface area contributed by atoms with Crippen LogP contribution in [0.5, 0.6) is 0 Å². The summed E-state index contributed by atoms with van der Waals surface area (Å²) in [5.74, 6) is 0.0768. The minimum atomic E-state index is -0.470. The number of hydrogen-bond donors (Lipinski definition) is 0. The second-order valence-corrected chi connectivity index (χ2v) is 8.06. The summed E-state index contributed by atoms with van der Waals surface area (Å²) in [5, 5.41) is 2.84. The molecule has 1 heterocycles. The van der Waals surface area contributed by atoms with Gasteiger partial charge in [0.05, 0.1) is 5.54 Å². The summed E-state index contributed by atoms with van der Waals surface area (Å²) in [5.41, 5.74) is 3.47. The van der Waals surface area contributed by atoms with E-state index in [1.165, 1.54) is 0 Å². The predicted octanol–water partition coefficient (Wildman–Crippen LogP) is 6.04. The first-order valence-electron chi connectivity index (χ1n) is 9.15. The molecule has 27 heavy (non-hydrogen) atoms. The van der Waals surface area contributed by atoms with Crippen LogP contribution in [0.2, 0.25) is 5.02 Å². The Morgan fingerprint density at radius 2 is 1.63 bits per heavy atom. The van der Waals surface area contributed by atoms with E-state index in [-0.39, 0.29) is 5.91 Å². The van der Waals surface area contributed by atoms with E-state index in [9.17, 15) is 4.79 Å². The third-order valence-electron chi connectivity index (χ3n) is 5.54. The number of carbonyl (C=O) groups is 1. The molecule has 0 spiro atoms. The summed E-state index contributed by atoms with van der Waals surface area (Å²) in [4.78, 5) is 15.3. The van der Waals surface area contributed by atoms with Gasteiger partial charge in [-0.2, -0.15) is 0 Å². The lowest BCUT2D eigenvalue weighted by Gasteiger charge is -2.37. The normalized spacial score (nSPS) is 15.1. The van der Waals surface area contributed by atoms with Crippen molar-refractivity contribution in [2.24, 2.45) is 0 Å². The van der Waals surface area contributed by atoms with Gasteiger partial charge in [-0.3, -0.25) is 4.79 Å². The van der Waals surface area contributed by atoms with E-state index in [0.717, 1.165) is 38.1 Å². The lowest BCUT2D eigenvalue weighted by atomic mass is 9.90. The van der Waals surface area contributed by atoms with Crippen molar-refractivity contribution in [2.75, 3.05) is 6.54 Å². The molecule has 0 aliphatic carbocycles. The molecule has 1 amide bonds. The Kier molecular flexibility index (Phi) is 4.32. The molecule has 0 saturated heterocycles. The van der Waals surface area contributed by atoms with E-state index in [2.05, 4.69) is 26.0 Å². The van der Waals surface area contributed by atoms with E-state index < -0.39 is 5.54 Å². The summed E-state index contributed by atoms with van der Waals surface area (Å²) < 4.78 is 0. The standard InChI is InChI=1S/C24H22ClNO/c1-16-15-26(23(27)22(16)17-9-5-4-6-10-17)24(2,3)19-13-18-11-7-8-12-20(18)21(25)14-19/h4-14H,15H2,1-3H3. The van der Waals surface area contributed by atoms with Gasteiger partial charge in [-0.15, -0.1) is 0 Å². The van der Waals surface area contributed by atoms with Crippen molar-refractivity contribution >= 4 is 33.9 Å². The number of fused-ring (bicyclic) bond motifs is 1. The molecular formula is C24H22ClNO. The van der Waals surface area contributed by atoms with Crippen molar-refractivity contribution in [3.63, 3.8) is 0 Å². The van der Waals surface area contributed by atoms with Gasteiger partial charge in [-0.05, 0) is 55.0 Å². The third kappa shape index (κ3) is 2.94. The monoisotopic (exact) mass is 375 g/mol. The molecule has 1 aliphatic heterocycles. The van der Waals surface area contributed by atoms with Crippen molar-refractivity contribution < 1.29 is 4.79 Å². The van der Waals surface area contributed by atoms with Crippen molar-refractivity contribution in [1.82, 2.24) is 4.90 Å². The number of carbonyl (C=O) groups excluding carboxylic acids is 1. The largest absolute Gasteiger partial charge is 0.325 e. The highest BCUT2D eigenvalue weighted by atomic mass is 35.5. The van der Waals surface area contributed by atoms with E-state index in [0.29, 0.717) is 6.54 Å². The third-order valence-corrected chi connectivity index (χ3v) is 5.85. The molecule has 0 N–H and O–H groups in total.